The highest BCUT2D eigenvalue weighted by Crippen LogP contribution is 1.97. The van der Waals surface area contributed by atoms with Gasteiger partial charge in [-0.15, -0.1) is 0 Å². The SMILES string of the molecule is CCC(=O)OC(C)COCCOC(=O)C(C)C. The Morgan fingerprint density at radius 2 is 1.76 bits per heavy atom. The molecule has 1 atom stereocenters. The van der Waals surface area contributed by atoms with Crippen LogP contribution in [0.2, 0.25) is 0 Å². The van der Waals surface area contributed by atoms with E-state index in [1.807, 2.05) is 0 Å². The molecule has 0 fully saturated rings. The van der Waals surface area contributed by atoms with Crippen LogP contribution in [0.3, 0.4) is 0 Å². The molecule has 5 nitrogen and oxygen atoms in total. The molecule has 0 aromatic heterocycles. The van der Waals surface area contributed by atoms with Crippen LogP contribution in [0.25, 0.3) is 0 Å². The van der Waals surface area contributed by atoms with Crippen LogP contribution >= 0.6 is 0 Å². The first-order valence-corrected chi connectivity index (χ1v) is 5.91. The maximum atomic E-state index is 11.1. The Kier molecular flexibility index (Phi) is 8.40. The first kappa shape index (κ1) is 15.9. The average Bonchev–Trinajstić information content (AvgIpc) is 2.27. The molecule has 0 aliphatic heterocycles. The number of hydrogen-bond donors (Lipinski definition) is 0. The summed E-state index contributed by atoms with van der Waals surface area (Å²) in [5.41, 5.74) is 0. The first-order chi connectivity index (χ1) is 7.97. The van der Waals surface area contributed by atoms with Crippen molar-refractivity contribution in [3.05, 3.63) is 0 Å². The standard InChI is InChI=1S/C12H22O5/c1-5-11(13)17-10(4)8-15-6-7-16-12(14)9(2)3/h9-10H,5-8H2,1-4H3. The van der Waals surface area contributed by atoms with Gasteiger partial charge in [0.25, 0.3) is 0 Å². The van der Waals surface area contributed by atoms with Gasteiger partial charge >= 0.3 is 11.9 Å². The monoisotopic (exact) mass is 246 g/mol. The normalized spacial score (nSPS) is 12.3. The third-order valence-corrected chi connectivity index (χ3v) is 1.92. The molecular weight excluding hydrogens is 224 g/mol. The molecule has 0 bridgehead atoms. The van der Waals surface area contributed by atoms with E-state index < -0.39 is 0 Å². The number of ether oxygens (including phenoxy) is 3. The van der Waals surface area contributed by atoms with Crippen molar-refractivity contribution in [3.8, 4) is 0 Å². The highest BCUT2D eigenvalue weighted by atomic mass is 16.6. The van der Waals surface area contributed by atoms with Gasteiger partial charge in [-0.3, -0.25) is 9.59 Å². The van der Waals surface area contributed by atoms with Gasteiger partial charge < -0.3 is 14.2 Å². The zero-order chi connectivity index (χ0) is 13.3. The van der Waals surface area contributed by atoms with Crippen molar-refractivity contribution in [1.29, 1.82) is 0 Å². The number of hydrogen-bond acceptors (Lipinski definition) is 5. The molecule has 0 aromatic rings. The zero-order valence-electron chi connectivity index (χ0n) is 11.0. The third-order valence-electron chi connectivity index (χ3n) is 1.92. The van der Waals surface area contributed by atoms with Gasteiger partial charge in [-0.05, 0) is 6.92 Å². The van der Waals surface area contributed by atoms with Crippen LogP contribution in [0.4, 0.5) is 0 Å². The lowest BCUT2D eigenvalue weighted by Crippen LogP contribution is -2.22. The van der Waals surface area contributed by atoms with Crippen LogP contribution in [0, 0.1) is 5.92 Å². The Morgan fingerprint density at radius 3 is 2.29 bits per heavy atom. The fraction of sp³-hybridized carbons (Fsp3) is 0.833. The molecule has 0 rings (SSSR count). The fourth-order valence-electron chi connectivity index (χ4n) is 0.959. The molecule has 100 valence electrons. The molecule has 5 heteroatoms. The summed E-state index contributed by atoms with van der Waals surface area (Å²) >= 11 is 0. The highest BCUT2D eigenvalue weighted by molar-refractivity contribution is 5.71. The number of carbonyl (C=O) groups is 2. The molecule has 0 radical (unpaired) electrons. The third kappa shape index (κ3) is 8.68. The summed E-state index contributed by atoms with van der Waals surface area (Å²) in [5, 5.41) is 0. The lowest BCUT2D eigenvalue weighted by molar-refractivity contribution is -0.152. The fourth-order valence-corrected chi connectivity index (χ4v) is 0.959. The summed E-state index contributed by atoms with van der Waals surface area (Å²) < 4.78 is 15.1. The molecule has 0 N–H and O–H groups in total. The van der Waals surface area contributed by atoms with Gasteiger partial charge in [0.15, 0.2) is 0 Å². The molecule has 0 saturated carbocycles. The predicted octanol–water partition coefficient (Wildman–Crippen LogP) is 1.54. The molecular formula is C12H22O5. The van der Waals surface area contributed by atoms with Gasteiger partial charge in [0, 0.05) is 6.42 Å². The smallest absolute Gasteiger partial charge is 0.308 e. The number of rotatable bonds is 8. The second-order valence-corrected chi connectivity index (χ2v) is 4.05. The van der Waals surface area contributed by atoms with E-state index >= 15 is 0 Å². The number of carbonyl (C=O) groups excluding carboxylic acids is 2. The Bertz CT molecular complexity index is 237. The van der Waals surface area contributed by atoms with E-state index in [2.05, 4.69) is 0 Å². The van der Waals surface area contributed by atoms with E-state index in [9.17, 15) is 9.59 Å². The predicted molar refractivity (Wildman–Crippen MR) is 62.5 cm³/mol. The summed E-state index contributed by atoms with van der Waals surface area (Å²) in [5.74, 6) is -0.606. The molecule has 1 unspecified atom stereocenters. The van der Waals surface area contributed by atoms with Gasteiger partial charge in [-0.2, -0.15) is 0 Å². The Hall–Kier alpha value is -1.10. The summed E-state index contributed by atoms with van der Waals surface area (Å²) in [4.78, 5) is 22.0. The van der Waals surface area contributed by atoms with Crippen LogP contribution in [-0.2, 0) is 23.8 Å². The van der Waals surface area contributed by atoms with E-state index in [0.717, 1.165) is 0 Å². The van der Waals surface area contributed by atoms with Crippen molar-refractivity contribution in [2.75, 3.05) is 19.8 Å². The van der Waals surface area contributed by atoms with Crippen LogP contribution in [-0.4, -0.2) is 37.9 Å². The van der Waals surface area contributed by atoms with E-state index in [1.165, 1.54) is 0 Å². The first-order valence-electron chi connectivity index (χ1n) is 5.91. The molecule has 0 amide bonds. The lowest BCUT2D eigenvalue weighted by Gasteiger charge is -2.13. The van der Waals surface area contributed by atoms with Crippen LogP contribution in [0.15, 0.2) is 0 Å². The molecule has 0 heterocycles. The van der Waals surface area contributed by atoms with Crippen molar-refractivity contribution >= 4 is 11.9 Å². The zero-order valence-corrected chi connectivity index (χ0v) is 11.0. The lowest BCUT2D eigenvalue weighted by atomic mass is 10.2. The van der Waals surface area contributed by atoms with Gasteiger partial charge in [0.1, 0.15) is 12.7 Å². The van der Waals surface area contributed by atoms with Crippen LogP contribution in [0.1, 0.15) is 34.1 Å². The van der Waals surface area contributed by atoms with E-state index in [0.29, 0.717) is 19.6 Å². The van der Waals surface area contributed by atoms with E-state index in [4.69, 9.17) is 14.2 Å². The summed E-state index contributed by atoms with van der Waals surface area (Å²) in [6.45, 7) is 7.89. The van der Waals surface area contributed by atoms with E-state index in [1.54, 1.807) is 27.7 Å². The van der Waals surface area contributed by atoms with Crippen molar-refractivity contribution in [2.24, 2.45) is 5.92 Å². The minimum Gasteiger partial charge on any atom is -0.463 e. The van der Waals surface area contributed by atoms with Crippen LogP contribution < -0.4 is 0 Å². The second-order valence-electron chi connectivity index (χ2n) is 4.05. The van der Waals surface area contributed by atoms with Gasteiger partial charge in [0.05, 0.1) is 19.1 Å². The van der Waals surface area contributed by atoms with Gasteiger partial charge in [-0.1, -0.05) is 20.8 Å². The molecule has 0 saturated heterocycles. The van der Waals surface area contributed by atoms with Gasteiger partial charge in [0.2, 0.25) is 0 Å². The van der Waals surface area contributed by atoms with Crippen molar-refractivity contribution in [1.82, 2.24) is 0 Å². The molecule has 0 aliphatic carbocycles. The van der Waals surface area contributed by atoms with Crippen LogP contribution in [0.5, 0.6) is 0 Å². The van der Waals surface area contributed by atoms with E-state index in [-0.39, 0.29) is 30.6 Å². The second kappa shape index (κ2) is 8.98. The molecule has 0 spiro atoms. The maximum Gasteiger partial charge on any atom is 0.308 e. The summed E-state index contributed by atoms with van der Waals surface area (Å²) in [7, 11) is 0. The number of esters is 2. The van der Waals surface area contributed by atoms with Crippen molar-refractivity contribution in [3.63, 3.8) is 0 Å². The molecule has 0 aromatic carbocycles. The van der Waals surface area contributed by atoms with Crippen molar-refractivity contribution in [2.45, 2.75) is 40.2 Å². The Balaban J connectivity index is 3.45. The van der Waals surface area contributed by atoms with Crippen molar-refractivity contribution < 1.29 is 23.8 Å². The average molecular weight is 246 g/mol. The summed E-state index contributed by atoms with van der Waals surface area (Å²) in [6.07, 6.45) is 0.0827. The quantitative estimate of drug-likeness (QED) is 0.480. The minimum atomic E-state index is -0.275. The highest BCUT2D eigenvalue weighted by Gasteiger charge is 2.09. The largest absolute Gasteiger partial charge is 0.463 e. The molecule has 0 aliphatic rings. The maximum absolute atomic E-state index is 11.1. The Labute approximate surface area is 102 Å². The summed E-state index contributed by atoms with van der Waals surface area (Å²) in [6, 6.07) is 0. The minimum absolute atomic E-state index is 0.126. The molecule has 17 heavy (non-hydrogen) atoms. The van der Waals surface area contributed by atoms with Gasteiger partial charge in [-0.25, -0.2) is 0 Å². The topological polar surface area (TPSA) is 61.8 Å². The Morgan fingerprint density at radius 1 is 1.12 bits per heavy atom.